The Labute approximate surface area is 106 Å². The van der Waals surface area contributed by atoms with E-state index in [1.165, 1.54) is 0 Å². The Morgan fingerprint density at radius 3 is 2.81 bits per heavy atom. The first kappa shape index (κ1) is 11.5. The molecule has 2 aromatic rings. The predicted molar refractivity (Wildman–Crippen MR) is 65.0 cm³/mol. The maximum Gasteiger partial charge on any atom is 0.276 e. The maximum atomic E-state index is 11.4. The summed E-state index contributed by atoms with van der Waals surface area (Å²) in [6.07, 6.45) is 1.64. The highest BCUT2D eigenvalue weighted by Crippen LogP contribution is 2.28. The Hall–Kier alpha value is -0.970. The van der Waals surface area contributed by atoms with E-state index < -0.39 is 9.70 Å². The van der Waals surface area contributed by atoms with Crippen LogP contribution in [0.15, 0.2) is 24.4 Å². The number of hydrogen-bond donors (Lipinski definition) is 2. The van der Waals surface area contributed by atoms with E-state index in [9.17, 15) is 4.79 Å². The number of amides is 1. The van der Waals surface area contributed by atoms with Crippen molar-refractivity contribution in [3.05, 3.63) is 24.4 Å². The number of nitrogens with zero attached hydrogens (tertiary/aromatic N) is 1. The smallest absolute Gasteiger partial charge is 0.276 e. The lowest BCUT2D eigenvalue weighted by atomic mass is 10.2. The Morgan fingerprint density at radius 1 is 1.38 bits per heavy atom. The molecule has 1 aromatic heterocycles. The Bertz CT molecular complexity index is 532. The van der Waals surface area contributed by atoms with Gasteiger partial charge < -0.3 is 5.32 Å². The average molecular weight is 279 g/mol. The van der Waals surface area contributed by atoms with Crippen molar-refractivity contribution in [2.45, 2.75) is 3.79 Å². The summed E-state index contributed by atoms with van der Waals surface area (Å²) in [7, 11) is 0. The highest BCUT2D eigenvalue weighted by atomic mass is 35.6. The number of benzene rings is 1. The lowest BCUT2D eigenvalue weighted by Crippen LogP contribution is -2.26. The van der Waals surface area contributed by atoms with E-state index in [2.05, 4.69) is 15.5 Å². The van der Waals surface area contributed by atoms with Crippen molar-refractivity contribution >= 4 is 57.3 Å². The van der Waals surface area contributed by atoms with Gasteiger partial charge in [-0.3, -0.25) is 9.89 Å². The number of rotatable bonds is 1. The summed E-state index contributed by atoms with van der Waals surface area (Å²) >= 11 is 16.3. The standard InChI is InChI=1S/C9H6Cl3N3O/c10-9(11,12)8(16)14-6-1-2-7-5(3-6)4-13-15-7/h1-4H,(H,13,15)(H,14,16). The largest absolute Gasteiger partial charge is 0.322 e. The van der Waals surface area contributed by atoms with Gasteiger partial charge in [0.1, 0.15) is 0 Å². The van der Waals surface area contributed by atoms with Gasteiger partial charge in [0.15, 0.2) is 0 Å². The van der Waals surface area contributed by atoms with Crippen molar-refractivity contribution in [1.29, 1.82) is 0 Å². The van der Waals surface area contributed by atoms with Crippen LogP contribution in [-0.4, -0.2) is 19.9 Å². The molecule has 4 nitrogen and oxygen atoms in total. The second-order valence-corrected chi connectivity index (χ2v) is 5.41. The summed E-state index contributed by atoms with van der Waals surface area (Å²) in [5.41, 5.74) is 1.41. The van der Waals surface area contributed by atoms with Crippen molar-refractivity contribution in [2.75, 3.05) is 5.32 Å². The Morgan fingerprint density at radius 2 is 2.12 bits per heavy atom. The number of nitrogens with one attached hydrogen (secondary N) is 2. The molecule has 0 spiro atoms. The van der Waals surface area contributed by atoms with E-state index in [0.29, 0.717) is 5.69 Å². The third-order valence-electron chi connectivity index (χ3n) is 1.96. The molecule has 1 amide bonds. The maximum absolute atomic E-state index is 11.4. The molecule has 0 aliphatic heterocycles. The molecule has 0 aliphatic rings. The molecule has 1 heterocycles. The van der Waals surface area contributed by atoms with Gasteiger partial charge in [-0.15, -0.1) is 0 Å². The fraction of sp³-hybridized carbons (Fsp3) is 0.111. The third-order valence-corrected chi connectivity index (χ3v) is 2.47. The van der Waals surface area contributed by atoms with Gasteiger partial charge in [-0.05, 0) is 18.2 Å². The molecule has 84 valence electrons. The van der Waals surface area contributed by atoms with E-state index >= 15 is 0 Å². The average Bonchev–Trinajstić information content (AvgIpc) is 2.63. The van der Waals surface area contributed by atoms with Crippen molar-refractivity contribution in [3.8, 4) is 0 Å². The zero-order valence-corrected chi connectivity index (χ0v) is 10.1. The molecule has 0 fully saturated rings. The van der Waals surface area contributed by atoms with Crippen molar-refractivity contribution < 1.29 is 4.79 Å². The highest BCUT2D eigenvalue weighted by Gasteiger charge is 2.30. The zero-order chi connectivity index (χ0) is 11.8. The van der Waals surface area contributed by atoms with Crippen molar-refractivity contribution in [3.63, 3.8) is 0 Å². The second-order valence-electron chi connectivity index (χ2n) is 3.12. The lowest BCUT2D eigenvalue weighted by Gasteiger charge is -2.11. The van der Waals surface area contributed by atoms with E-state index in [-0.39, 0.29) is 0 Å². The highest BCUT2D eigenvalue weighted by molar-refractivity contribution is 6.76. The van der Waals surface area contributed by atoms with Gasteiger partial charge in [0.2, 0.25) is 0 Å². The third kappa shape index (κ3) is 2.40. The first-order valence-corrected chi connectivity index (χ1v) is 5.41. The predicted octanol–water partition coefficient (Wildman–Crippen LogP) is 2.87. The first-order chi connectivity index (χ1) is 7.47. The number of hydrogen-bond acceptors (Lipinski definition) is 2. The second kappa shape index (κ2) is 4.13. The number of H-pyrrole nitrogens is 1. The van der Waals surface area contributed by atoms with Crippen LogP contribution >= 0.6 is 34.8 Å². The molecule has 0 unspecified atom stereocenters. The molecule has 0 radical (unpaired) electrons. The molecule has 7 heteroatoms. The lowest BCUT2D eigenvalue weighted by molar-refractivity contribution is -0.115. The minimum atomic E-state index is -1.97. The molecular formula is C9H6Cl3N3O. The van der Waals surface area contributed by atoms with Crippen molar-refractivity contribution in [1.82, 2.24) is 10.2 Å². The number of aromatic amines is 1. The van der Waals surface area contributed by atoms with E-state index in [4.69, 9.17) is 34.8 Å². The van der Waals surface area contributed by atoms with Gasteiger partial charge in [-0.1, -0.05) is 34.8 Å². The topological polar surface area (TPSA) is 57.8 Å². The molecule has 2 rings (SSSR count). The minimum absolute atomic E-state index is 0.547. The van der Waals surface area contributed by atoms with E-state index in [1.807, 2.05) is 0 Å². The zero-order valence-electron chi connectivity index (χ0n) is 7.80. The van der Waals surface area contributed by atoms with E-state index in [0.717, 1.165) is 10.9 Å². The van der Waals surface area contributed by atoms with Gasteiger partial charge in [-0.25, -0.2) is 0 Å². The summed E-state index contributed by atoms with van der Waals surface area (Å²) in [5, 5.41) is 9.99. The van der Waals surface area contributed by atoms with Crippen LogP contribution in [0.4, 0.5) is 5.69 Å². The van der Waals surface area contributed by atoms with Gasteiger partial charge in [0.25, 0.3) is 9.70 Å². The van der Waals surface area contributed by atoms with Crippen LogP contribution in [0, 0.1) is 0 Å². The molecule has 0 bridgehead atoms. The Balaban J connectivity index is 2.24. The molecular weight excluding hydrogens is 272 g/mol. The van der Waals surface area contributed by atoms with Gasteiger partial charge in [-0.2, -0.15) is 5.10 Å². The summed E-state index contributed by atoms with van der Waals surface area (Å²) in [5.74, 6) is -0.694. The summed E-state index contributed by atoms with van der Waals surface area (Å²) in [6.45, 7) is 0. The fourth-order valence-corrected chi connectivity index (χ4v) is 1.36. The van der Waals surface area contributed by atoms with Gasteiger partial charge >= 0.3 is 0 Å². The van der Waals surface area contributed by atoms with Gasteiger partial charge in [0, 0.05) is 11.1 Å². The summed E-state index contributed by atoms with van der Waals surface area (Å²) < 4.78 is -1.97. The molecule has 16 heavy (non-hydrogen) atoms. The molecule has 0 saturated heterocycles. The van der Waals surface area contributed by atoms with Crippen molar-refractivity contribution in [2.24, 2.45) is 0 Å². The normalized spacial score (nSPS) is 11.7. The van der Waals surface area contributed by atoms with Gasteiger partial charge in [0.05, 0.1) is 11.7 Å². The van der Waals surface area contributed by atoms with Crippen LogP contribution in [0.2, 0.25) is 0 Å². The summed E-state index contributed by atoms with van der Waals surface area (Å²) in [4.78, 5) is 11.4. The number of halogens is 3. The fourth-order valence-electron chi connectivity index (χ4n) is 1.22. The molecule has 0 saturated carbocycles. The molecule has 0 atom stereocenters. The minimum Gasteiger partial charge on any atom is -0.322 e. The Kier molecular flexibility index (Phi) is 2.97. The van der Waals surface area contributed by atoms with Crippen LogP contribution in [-0.2, 0) is 4.79 Å². The molecule has 0 aliphatic carbocycles. The molecule has 2 N–H and O–H groups in total. The SMILES string of the molecule is O=C(Nc1ccc2[nH]ncc2c1)C(Cl)(Cl)Cl. The van der Waals surface area contributed by atoms with Crippen LogP contribution < -0.4 is 5.32 Å². The monoisotopic (exact) mass is 277 g/mol. The molecule has 1 aromatic carbocycles. The number of anilines is 1. The number of aromatic nitrogens is 2. The number of fused-ring (bicyclic) bond motifs is 1. The number of alkyl halides is 3. The van der Waals surface area contributed by atoms with Crippen LogP contribution in [0.5, 0.6) is 0 Å². The van der Waals surface area contributed by atoms with Crippen LogP contribution in [0.1, 0.15) is 0 Å². The quantitative estimate of drug-likeness (QED) is 0.788. The number of carbonyl (C=O) groups excluding carboxylic acids is 1. The summed E-state index contributed by atoms with van der Waals surface area (Å²) in [6, 6.07) is 5.19. The van der Waals surface area contributed by atoms with E-state index in [1.54, 1.807) is 24.4 Å². The first-order valence-electron chi connectivity index (χ1n) is 4.28. The number of carbonyl (C=O) groups is 1. The van der Waals surface area contributed by atoms with Crippen LogP contribution in [0.25, 0.3) is 10.9 Å². The van der Waals surface area contributed by atoms with Crippen LogP contribution in [0.3, 0.4) is 0 Å².